The van der Waals surface area contributed by atoms with E-state index in [4.69, 9.17) is 5.73 Å². The van der Waals surface area contributed by atoms with Gasteiger partial charge in [0.2, 0.25) is 11.8 Å². The molecular formula is C21H33N5O2. The molecule has 0 bridgehead atoms. The van der Waals surface area contributed by atoms with Crippen LogP contribution in [0, 0.1) is 5.92 Å². The Balaban J connectivity index is 1.40. The topological polar surface area (TPSA) is 81.9 Å². The Morgan fingerprint density at radius 2 is 1.75 bits per heavy atom. The van der Waals surface area contributed by atoms with Gasteiger partial charge in [-0.2, -0.15) is 0 Å². The molecule has 3 N–H and O–H groups in total. The molecule has 0 spiro atoms. The van der Waals surface area contributed by atoms with E-state index in [9.17, 15) is 9.59 Å². The number of carbonyl (C=O) groups is 2. The SMILES string of the molecule is NCCNC(=O)C1CCCN(C(=O)CN2CCN(Cc3ccccc3)CC2)C1. The van der Waals surface area contributed by atoms with E-state index in [2.05, 4.69) is 39.4 Å². The van der Waals surface area contributed by atoms with Gasteiger partial charge < -0.3 is 16.0 Å². The fraction of sp³-hybridized carbons (Fsp3) is 0.619. The second kappa shape index (κ2) is 10.5. The molecule has 2 saturated heterocycles. The van der Waals surface area contributed by atoms with Gasteiger partial charge in [-0.25, -0.2) is 0 Å². The number of nitrogens with two attached hydrogens (primary N) is 1. The first kappa shape index (κ1) is 20.8. The number of likely N-dealkylation sites (tertiary alicyclic amines) is 1. The normalized spacial score (nSPS) is 21.5. The Bertz CT molecular complexity index is 631. The van der Waals surface area contributed by atoms with Gasteiger partial charge in [0, 0.05) is 58.9 Å². The number of rotatable bonds is 7. The molecule has 7 heteroatoms. The van der Waals surface area contributed by atoms with Crippen LogP contribution >= 0.6 is 0 Å². The number of amides is 2. The molecule has 0 saturated carbocycles. The van der Waals surface area contributed by atoms with Crippen LogP contribution in [0.5, 0.6) is 0 Å². The van der Waals surface area contributed by atoms with Crippen LogP contribution in [0.3, 0.4) is 0 Å². The Morgan fingerprint density at radius 1 is 1.04 bits per heavy atom. The van der Waals surface area contributed by atoms with Crippen LogP contribution in [-0.2, 0) is 16.1 Å². The molecule has 0 radical (unpaired) electrons. The third-order valence-electron chi connectivity index (χ3n) is 5.66. The van der Waals surface area contributed by atoms with Crippen LogP contribution in [0.1, 0.15) is 18.4 Å². The summed E-state index contributed by atoms with van der Waals surface area (Å²) in [5, 5.41) is 2.85. The largest absolute Gasteiger partial charge is 0.355 e. The van der Waals surface area contributed by atoms with E-state index >= 15 is 0 Å². The molecule has 2 amide bonds. The van der Waals surface area contributed by atoms with Crippen molar-refractivity contribution in [1.29, 1.82) is 0 Å². The lowest BCUT2D eigenvalue weighted by atomic mass is 9.97. The fourth-order valence-corrected chi connectivity index (χ4v) is 4.00. The maximum Gasteiger partial charge on any atom is 0.236 e. The summed E-state index contributed by atoms with van der Waals surface area (Å²) in [4.78, 5) is 31.5. The molecule has 2 aliphatic rings. The number of hydrogen-bond acceptors (Lipinski definition) is 5. The highest BCUT2D eigenvalue weighted by Crippen LogP contribution is 2.17. The lowest BCUT2D eigenvalue weighted by Gasteiger charge is -2.37. The number of nitrogens with one attached hydrogen (secondary N) is 1. The highest BCUT2D eigenvalue weighted by atomic mass is 16.2. The number of nitrogens with zero attached hydrogens (tertiary/aromatic N) is 3. The van der Waals surface area contributed by atoms with Gasteiger partial charge in [0.15, 0.2) is 0 Å². The van der Waals surface area contributed by atoms with Gasteiger partial charge in [0.25, 0.3) is 0 Å². The highest BCUT2D eigenvalue weighted by Gasteiger charge is 2.29. The first-order valence-corrected chi connectivity index (χ1v) is 10.4. The van der Waals surface area contributed by atoms with E-state index in [1.807, 2.05) is 11.0 Å². The molecule has 1 aromatic carbocycles. The van der Waals surface area contributed by atoms with E-state index < -0.39 is 0 Å². The summed E-state index contributed by atoms with van der Waals surface area (Å²) >= 11 is 0. The first-order valence-electron chi connectivity index (χ1n) is 10.4. The third-order valence-corrected chi connectivity index (χ3v) is 5.66. The van der Waals surface area contributed by atoms with Gasteiger partial charge in [-0.05, 0) is 18.4 Å². The molecule has 2 aliphatic heterocycles. The van der Waals surface area contributed by atoms with Crippen molar-refractivity contribution in [2.24, 2.45) is 11.7 Å². The van der Waals surface area contributed by atoms with E-state index in [0.29, 0.717) is 26.2 Å². The summed E-state index contributed by atoms with van der Waals surface area (Å²) in [5.74, 6) is 0.0669. The Labute approximate surface area is 167 Å². The van der Waals surface area contributed by atoms with Crippen LogP contribution in [0.4, 0.5) is 0 Å². The van der Waals surface area contributed by atoms with Crippen molar-refractivity contribution in [2.75, 3.05) is 58.9 Å². The Kier molecular flexibility index (Phi) is 7.82. The summed E-state index contributed by atoms with van der Waals surface area (Å²) in [5.41, 5.74) is 6.78. The molecular weight excluding hydrogens is 354 g/mol. The summed E-state index contributed by atoms with van der Waals surface area (Å²) in [7, 11) is 0. The zero-order chi connectivity index (χ0) is 19.8. The van der Waals surface area contributed by atoms with E-state index in [-0.39, 0.29) is 17.7 Å². The maximum absolute atomic E-state index is 12.7. The van der Waals surface area contributed by atoms with Gasteiger partial charge in [-0.3, -0.25) is 19.4 Å². The molecule has 1 unspecified atom stereocenters. The molecule has 2 fully saturated rings. The van der Waals surface area contributed by atoms with Crippen molar-refractivity contribution in [1.82, 2.24) is 20.0 Å². The average Bonchev–Trinajstić information content (AvgIpc) is 2.74. The van der Waals surface area contributed by atoms with Gasteiger partial charge in [-0.1, -0.05) is 30.3 Å². The zero-order valence-electron chi connectivity index (χ0n) is 16.7. The summed E-state index contributed by atoms with van der Waals surface area (Å²) < 4.78 is 0. The second-order valence-electron chi connectivity index (χ2n) is 7.80. The van der Waals surface area contributed by atoms with E-state index in [1.54, 1.807) is 0 Å². The number of piperidine rings is 1. The van der Waals surface area contributed by atoms with Gasteiger partial charge in [-0.15, -0.1) is 0 Å². The Morgan fingerprint density at radius 3 is 2.46 bits per heavy atom. The van der Waals surface area contributed by atoms with Crippen molar-refractivity contribution in [2.45, 2.75) is 19.4 Å². The monoisotopic (exact) mass is 387 g/mol. The second-order valence-corrected chi connectivity index (χ2v) is 7.80. The predicted octanol–water partition coefficient (Wildman–Crippen LogP) is 0.118. The predicted molar refractivity (Wildman–Crippen MR) is 110 cm³/mol. The minimum absolute atomic E-state index is 0.0254. The number of carbonyl (C=O) groups excluding carboxylic acids is 2. The van der Waals surface area contributed by atoms with Crippen molar-refractivity contribution in [3.63, 3.8) is 0 Å². The number of benzene rings is 1. The zero-order valence-corrected chi connectivity index (χ0v) is 16.7. The molecule has 1 atom stereocenters. The van der Waals surface area contributed by atoms with Crippen LogP contribution in [0.2, 0.25) is 0 Å². The maximum atomic E-state index is 12.7. The van der Waals surface area contributed by atoms with Crippen molar-refractivity contribution < 1.29 is 9.59 Å². The van der Waals surface area contributed by atoms with Gasteiger partial charge >= 0.3 is 0 Å². The highest BCUT2D eigenvalue weighted by molar-refractivity contribution is 5.82. The summed E-state index contributed by atoms with van der Waals surface area (Å²) in [6, 6.07) is 10.5. The fourth-order valence-electron chi connectivity index (χ4n) is 4.00. The quantitative estimate of drug-likeness (QED) is 0.694. The molecule has 7 nitrogen and oxygen atoms in total. The van der Waals surface area contributed by atoms with Crippen molar-refractivity contribution >= 4 is 11.8 Å². The standard InChI is InChI=1S/C21H33N5O2/c22-8-9-23-21(28)19-7-4-10-26(16-19)20(27)17-25-13-11-24(12-14-25)15-18-5-2-1-3-6-18/h1-3,5-6,19H,4,7-17,22H2,(H,23,28). The number of piperazine rings is 1. The molecule has 154 valence electrons. The van der Waals surface area contributed by atoms with Crippen LogP contribution in [0.15, 0.2) is 30.3 Å². The van der Waals surface area contributed by atoms with Gasteiger partial charge in [0.05, 0.1) is 12.5 Å². The minimum Gasteiger partial charge on any atom is -0.355 e. The van der Waals surface area contributed by atoms with E-state index in [0.717, 1.165) is 52.1 Å². The summed E-state index contributed by atoms with van der Waals surface area (Å²) in [6.07, 6.45) is 1.73. The molecule has 0 aliphatic carbocycles. The minimum atomic E-state index is -0.105. The smallest absolute Gasteiger partial charge is 0.236 e. The third kappa shape index (κ3) is 6.02. The van der Waals surface area contributed by atoms with Gasteiger partial charge in [0.1, 0.15) is 0 Å². The number of hydrogen-bond donors (Lipinski definition) is 2. The lowest BCUT2D eigenvalue weighted by molar-refractivity contribution is -0.137. The molecule has 2 heterocycles. The van der Waals surface area contributed by atoms with Crippen LogP contribution in [0.25, 0.3) is 0 Å². The molecule has 1 aromatic rings. The summed E-state index contributed by atoms with van der Waals surface area (Å²) in [6.45, 7) is 7.42. The lowest BCUT2D eigenvalue weighted by Crippen LogP contribution is -2.52. The van der Waals surface area contributed by atoms with E-state index in [1.165, 1.54) is 5.56 Å². The average molecular weight is 388 g/mol. The van der Waals surface area contributed by atoms with Crippen LogP contribution in [-0.4, -0.2) is 85.4 Å². The van der Waals surface area contributed by atoms with Crippen molar-refractivity contribution in [3.8, 4) is 0 Å². The Hall–Kier alpha value is -1.96. The molecule has 3 rings (SSSR count). The molecule has 28 heavy (non-hydrogen) atoms. The van der Waals surface area contributed by atoms with Crippen molar-refractivity contribution in [3.05, 3.63) is 35.9 Å². The molecule has 0 aromatic heterocycles. The first-order chi connectivity index (χ1) is 13.7. The van der Waals surface area contributed by atoms with Crippen LogP contribution < -0.4 is 11.1 Å².